The van der Waals surface area contributed by atoms with Gasteiger partial charge in [0.05, 0.1) is 12.1 Å². The van der Waals surface area contributed by atoms with Crippen molar-refractivity contribution in [1.82, 2.24) is 14.9 Å². The summed E-state index contributed by atoms with van der Waals surface area (Å²) in [4.78, 5) is 21.5. The first kappa shape index (κ1) is 14.5. The predicted octanol–water partition coefficient (Wildman–Crippen LogP) is 1.19. The monoisotopic (exact) mass is 300 g/mol. The van der Waals surface area contributed by atoms with E-state index in [2.05, 4.69) is 14.9 Å². The van der Waals surface area contributed by atoms with Crippen LogP contribution in [0.1, 0.15) is 12.2 Å². The Bertz CT molecular complexity index is 611. The fourth-order valence-electron chi connectivity index (χ4n) is 2.46. The van der Waals surface area contributed by atoms with Gasteiger partial charge in [-0.15, -0.1) is 23.7 Å². The second-order valence-corrected chi connectivity index (χ2v) is 5.69. The van der Waals surface area contributed by atoms with Crippen LogP contribution < -0.4 is 11.3 Å². The Kier molecular flexibility index (Phi) is 4.57. The van der Waals surface area contributed by atoms with Crippen LogP contribution in [0.3, 0.4) is 0 Å². The second-order valence-electron chi connectivity index (χ2n) is 4.77. The third-order valence-electron chi connectivity index (χ3n) is 3.44. The van der Waals surface area contributed by atoms with Crippen LogP contribution in [0.25, 0.3) is 10.2 Å². The molecule has 3 rings (SSSR count). The van der Waals surface area contributed by atoms with E-state index in [0.717, 1.165) is 37.4 Å². The Balaban J connectivity index is 0.00000133. The highest BCUT2D eigenvalue weighted by Crippen LogP contribution is 2.18. The van der Waals surface area contributed by atoms with Crippen molar-refractivity contribution in [3.8, 4) is 0 Å². The van der Waals surface area contributed by atoms with Crippen LogP contribution in [0.2, 0.25) is 0 Å². The number of hydrogen-bond acceptors (Lipinski definition) is 5. The maximum Gasteiger partial charge on any atom is 0.268 e. The summed E-state index contributed by atoms with van der Waals surface area (Å²) in [5.74, 6) is 1.34. The fourth-order valence-corrected chi connectivity index (χ4v) is 3.18. The molecule has 1 unspecified atom stereocenters. The van der Waals surface area contributed by atoms with Gasteiger partial charge in [0.25, 0.3) is 5.56 Å². The molecule has 0 aromatic carbocycles. The van der Waals surface area contributed by atoms with E-state index in [-0.39, 0.29) is 18.0 Å². The van der Waals surface area contributed by atoms with E-state index in [0.29, 0.717) is 17.2 Å². The molecule has 0 saturated carbocycles. The number of fused-ring (bicyclic) bond motifs is 1. The molecule has 0 spiro atoms. The lowest BCUT2D eigenvalue weighted by Gasteiger charge is -2.14. The average molecular weight is 301 g/mol. The molecule has 1 atom stereocenters. The van der Waals surface area contributed by atoms with Gasteiger partial charge in [-0.1, -0.05) is 0 Å². The molecule has 7 heteroatoms. The lowest BCUT2D eigenvalue weighted by Crippen LogP contribution is -2.25. The van der Waals surface area contributed by atoms with Crippen LogP contribution in [0.4, 0.5) is 0 Å². The van der Waals surface area contributed by atoms with Crippen LogP contribution in [-0.2, 0) is 6.54 Å². The number of nitrogens with zero attached hydrogens (tertiary/aromatic N) is 2. The number of thiophene rings is 1. The lowest BCUT2D eigenvalue weighted by molar-refractivity contribution is 0.310. The molecule has 1 fully saturated rings. The Morgan fingerprint density at radius 3 is 3.16 bits per heavy atom. The van der Waals surface area contributed by atoms with Gasteiger partial charge in [-0.25, -0.2) is 4.98 Å². The molecule has 19 heavy (non-hydrogen) atoms. The van der Waals surface area contributed by atoms with Crippen LogP contribution in [0.5, 0.6) is 0 Å². The zero-order valence-corrected chi connectivity index (χ0v) is 12.1. The first-order chi connectivity index (χ1) is 8.76. The van der Waals surface area contributed by atoms with Crippen molar-refractivity contribution in [2.75, 3.05) is 19.6 Å². The predicted molar refractivity (Wildman–Crippen MR) is 79.9 cm³/mol. The topological polar surface area (TPSA) is 75.0 Å². The van der Waals surface area contributed by atoms with Crippen molar-refractivity contribution in [3.63, 3.8) is 0 Å². The number of nitrogens with two attached hydrogens (primary N) is 1. The summed E-state index contributed by atoms with van der Waals surface area (Å²) in [6.45, 7) is 3.48. The smallest absolute Gasteiger partial charge is 0.268 e. The molecule has 1 aliphatic heterocycles. The molecular formula is C12H17ClN4OS. The van der Waals surface area contributed by atoms with E-state index in [1.165, 1.54) is 11.3 Å². The normalized spacial score (nSPS) is 19.7. The highest BCUT2D eigenvalue weighted by Gasteiger charge is 2.21. The lowest BCUT2D eigenvalue weighted by atomic mass is 10.1. The number of nitrogens with one attached hydrogen (secondary N) is 1. The maximum atomic E-state index is 11.8. The summed E-state index contributed by atoms with van der Waals surface area (Å²) in [6, 6.07) is 1.89. The van der Waals surface area contributed by atoms with Gasteiger partial charge in [-0.3, -0.25) is 9.69 Å². The average Bonchev–Trinajstić information content (AvgIpc) is 2.97. The molecule has 0 amide bonds. The van der Waals surface area contributed by atoms with Crippen molar-refractivity contribution in [1.29, 1.82) is 0 Å². The van der Waals surface area contributed by atoms with Gasteiger partial charge in [0.15, 0.2) is 0 Å². The molecular weight excluding hydrogens is 284 g/mol. The molecule has 2 aromatic heterocycles. The van der Waals surface area contributed by atoms with E-state index >= 15 is 0 Å². The number of aromatic amines is 1. The molecule has 104 valence electrons. The Morgan fingerprint density at radius 2 is 2.42 bits per heavy atom. The van der Waals surface area contributed by atoms with E-state index < -0.39 is 0 Å². The Morgan fingerprint density at radius 1 is 1.58 bits per heavy atom. The molecule has 5 nitrogen and oxygen atoms in total. The van der Waals surface area contributed by atoms with Gasteiger partial charge in [0.2, 0.25) is 0 Å². The van der Waals surface area contributed by atoms with Gasteiger partial charge in [-0.2, -0.15) is 0 Å². The van der Waals surface area contributed by atoms with Crippen molar-refractivity contribution in [2.24, 2.45) is 11.7 Å². The fraction of sp³-hybridized carbons (Fsp3) is 0.500. The molecule has 1 aliphatic rings. The largest absolute Gasteiger partial charge is 0.330 e. The molecule has 0 radical (unpaired) electrons. The van der Waals surface area contributed by atoms with Gasteiger partial charge >= 0.3 is 0 Å². The minimum atomic E-state index is -0.0282. The van der Waals surface area contributed by atoms with Crippen molar-refractivity contribution >= 4 is 34.0 Å². The molecule has 0 aliphatic carbocycles. The highest BCUT2D eigenvalue weighted by molar-refractivity contribution is 7.17. The summed E-state index contributed by atoms with van der Waals surface area (Å²) in [6.07, 6.45) is 1.14. The van der Waals surface area contributed by atoms with Crippen molar-refractivity contribution < 1.29 is 0 Å². The van der Waals surface area contributed by atoms with Gasteiger partial charge in [0, 0.05) is 6.54 Å². The second kappa shape index (κ2) is 6.00. The van der Waals surface area contributed by atoms with Gasteiger partial charge in [0.1, 0.15) is 10.5 Å². The highest BCUT2D eigenvalue weighted by atomic mass is 35.5. The number of H-pyrrole nitrogens is 1. The number of halogens is 1. The van der Waals surface area contributed by atoms with Crippen molar-refractivity contribution in [3.05, 3.63) is 27.6 Å². The minimum Gasteiger partial charge on any atom is -0.330 e. The summed E-state index contributed by atoms with van der Waals surface area (Å²) in [7, 11) is 0. The molecule has 2 aromatic rings. The Labute approximate surface area is 121 Å². The first-order valence-corrected chi connectivity index (χ1v) is 7.03. The molecule has 0 bridgehead atoms. The van der Waals surface area contributed by atoms with E-state index in [1.54, 1.807) is 0 Å². The number of hydrogen-bond donors (Lipinski definition) is 2. The first-order valence-electron chi connectivity index (χ1n) is 6.15. The zero-order valence-electron chi connectivity index (χ0n) is 10.5. The molecule has 1 saturated heterocycles. The SMILES string of the molecule is Cl.NCC1CCN(Cc2nc3ccsc3c(=O)[nH]2)C1. The summed E-state index contributed by atoms with van der Waals surface area (Å²) in [5.41, 5.74) is 6.45. The van der Waals surface area contributed by atoms with E-state index in [1.807, 2.05) is 11.4 Å². The van der Waals surface area contributed by atoms with Gasteiger partial charge in [-0.05, 0) is 36.9 Å². The summed E-state index contributed by atoms with van der Waals surface area (Å²) >= 11 is 1.43. The molecule has 3 heterocycles. The number of rotatable bonds is 3. The standard InChI is InChI=1S/C12H16N4OS.ClH/c13-5-8-1-3-16(6-8)7-10-14-9-2-4-18-11(9)12(17)15-10;/h2,4,8H,1,3,5-7,13H2,(H,14,15,17);1H. The maximum absolute atomic E-state index is 11.8. The number of aromatic nitrogens is 2. The Hall–Kier alpha value is -0.950. The van der Waals surface area contributed by atoms with Crippen LogP contribution in [0, 0.1) is 5.92 Å². The van der Waals surface area contributed by atoms with E-state index in [4.69, 9.17) is 5.73 Å². The van der Waals surface area contributed by atoms with Crippen LogP contribution in [-0.4, -0.2) is 34.5 Å². The quantitative estimate of drug-likeness (QED) is 0.893. The number of likely N-dealkylation sites (tertiary alicyclic amines) is 1. The van der Waals surface area contributed by atoms with Crippen molar-refractivity contribution in [2.45, 2.75) is 13.0 Å². The summed E-state index contributed by atoms with van der Waals surface area (Å²) in [5, 5.41) is 1.90. The summed E-state index contributed by atoms with van der Waals surface area (Å²) < 4.78 is 0.708. The minimum absolute atomic E-state index is 0. The third-order valence-corrected chi connectivity index (χ3v) is 4.34. The van der Waals surface area contributed by atoms with Gasteiger partial charge < -0.3 is 10.7 Å². The van der Waals surface area contributed by atoms with E-state index in [9.17, 15) is 4.79 Å². The van der Waals surface area contributed by atoms with Crippen LogP contribution in [0.15, 0.2) is 16.2 Å². The molecule has 3 N–H and O–H groups in total. The third kappa shape index (κ3) is 2.97. The zero-order chi connectivity index (χ0) is 12.5. The van der Waals surface area contributed by atoms with Crippen LogP contribution >= 0.6 is 23.7 Å².